The van der Waals surface area contributed by atoms with Gasteiger partial charge in [-0.3, -0.25) is 9.36 Å². The number of fused-ring (bicyclic) bond motifs is 1. The molecule has 1 aliphatic heterocycles. The standard InChI is InChI=1S/C18H16N4O3/c1-12(13-2-4-15-16(8-13)25-11-24-15)21-18(23)14-3-5-17(20-9-14)22-7-6-19-10-22/h2-10,12H,11H2,1H3,(H,21,23). The number of aromatic nitrogens is 3. The number of pyridine rings is 1. The Morgan fingerprint density at radius 1 is 1.24 bits per heavy atom. The zero-order valence-electron chi connectivity index (χ0n) is 13.5. The zero-order chi connectivity index (χ0) is 17.2. The summed E-state index contributed by atoms with van der Waals surface area (Å²) in [5.41, 5.74) is 1.44. The van der Waals surface area contributed by atoms with Crippen molar-refractivity contribution in [1.29, 1.82) is 0 Å². The van der Waals surface area contributed by atoms with E-state index >= 15 is 0 Å². The largest absolute Gasteiger partial charge is 0.454 e. The van der Waals surface area contributed by atoms with Crippen LogP contribution in [0.3, 0.4) is 0 Å². The highest BCUT2D eigenvalue weighted by Crippen LogP contribution is 2.34. The number of rotatable bonds is 4. The lowest BCUT2D eigenvalue weighted by Crippen LogP contribution is -2.26. The van der Waals surface area contributed by atoms with Crippen molar-refractivity contribution >= 4 is 5.91 Å². The first kappa shape index (κ1) is 15.2. The van der Waals surface area contributed by atoms with Crippen molar-refractivity contribution in [2.24, 2.45) is 0 Å². The Morgan fingerprint density at radius 2 is 2.12 bits per heavy atom. The summed E-state index contributed by atoms with van der Waals surface area (Å²) in [6.45, 7) is 2.15. The molecule has 0 spiro atoms. The van der Waals surface area contributed by atoms with Crippen molar-refractivity contribution < 1.29 is 14.3 Å². The lowest BCUT2D eigenvalue weighted by molar-refractivity contribution is 0.0939. The fourth-order valence-electron chi connectivity index (χ4n) is 2.61. The normalized spacial score (nSPS) is 13.5. The number of carbonyl (C=O) groups excluding carboxylic acids is 1. The SMILES string of the molecule is CC(NC(=O)c1ccc(-n2ccnc2)nc1)c1ccc2c(c1)OCO2. The van der Waals surface area contributed by atoms with Gasteiger partial charge in [-0.2, -0.15) is 0 Å². The second-order valence-electron chi connectivity index (χ2n) is 5.68. The third-order valence-electron chi connectivity index (χ3n) is 4.02. The quantitative estimate of drug-likeness (QED) is 0.792. The van der Waals surface area contributed by atoms with Crippen molar-refractivity contribution in [2.45, 2.75) is 13.0 Å². The molecule has 0 saturated heterocycles. The lowest BCUT2D eigenvalue weighted by Gasteiger charge is -2.15. The molecule has 25 heavy (non-hydrogen) atoms. The maximum Gasteiger partial charge on any atom is 0.253 e. The molecule has 3 heterocycles. The first-order valence-corrected chi connectivity index (χ1v) is 7.85. The molecule has 1 N–H and O–H groups in total. The van der Waals surface area contributed by atoms with E-state index < -0.39 is 0 Å². The average Bonchev–Trinajstić information content (AvgIpc) is 3.32. The summed E-state index contributed by atoms with van der Waals surface area (Å²) in [5, 5.41) is 2.96. The topological polar surface area (TPSA) is 78.3 Å². The van der Waals surface area contributed by atoms with Crippen LogP contribution in [0.15, 0.2) is 55.2 Å². The Bertz CT molecular complexity index is 891. The molecule has 1 amide bonds. The Morgan fingerprint density at radius 3 is 2.88 bits per heavy atom. The van der Waals surface area contributed by atoms with Crippen LogP contribution >= 0.6 is 0 Å². The van der Waals surface area contributed by atoms with Gasteiger partial charge in [-0.15, -0.1) is 0 Å². The van der Waals surface area contributed by atoms with Gasteiger partial charge in [0.05, 0.1) is 11.6 Å². The molecule has 1 unspecified atom stereocenters. The minimum Gasteiger partial charge on any atom is -0.454 e. The van der Waals surface area contributed by atoms with Gasteiger partial charge in [-0.25, -0.2) is 9.97 Å². The third kappa shape index (κ3) is 3.03. The van der Waals surface area contributed by atoms with E-state index in [1.165, 1.54) is 0 Å². The molecule has 0 bridgehead atoms. The number of hydrogen-bond acceptors (Lipinski definition) is 5. The molecule has 7 heteroatoms. The summed E-state index contributed by atoms with van der Waals surface area (Å²) >= 11 is 0. The number of ether oxygens (including phenoxy) is 2. The maximum absolute atomic E-state index is 12.4. The van der Waals surface area contributed by atoms with Crippen LogP contribution in [-0.2, 0) is 0 Å². The van der Waals surface area contributed by atoms with E-state index in [-0.39, 0.29) is 18.7 Å². The highest BCUT2D eigenvalue weighted by atomic mass is 16.7. The molecule has 0 aliphatic carbocycles. The number of nitrogens with zero attached hydrogens (tertiary/aromatic N) is 3. The van der Waals surface area contributed by atoms with Gasteiger partial charge in [0, 0.05) is 18.6 Å². The molecule has 1 aromatic carbocycles. The Balaban J connectivity index is 1.46. The van der Waals surface area contributed by atoms with Crippen LogP contribution in [0.1, 0.15) is 28.9 Å². The van der Waals surface area contributed by atoms with Gasteiger partial charge in [0.15, 0.2) is 11.5 Å². The predicted octanol–water partition coefficient (Wildman–Crippen LogP) is 2.49. The number of carbonyl (C=O) groups is 1. The molecule has 2 aromatic heterocycles. The van der Waals surface area contributed by atoms with Crippen LogP contribution in [0.4, 0.5) is 0 Å². The van der Waals surface area contributed by atoms with E-state index in [1.807, 2.05) is 25.1 Å². The third-order valence-corrected chi connectivity index (χ3v) is 4.02. The van der Waals surface area contributed by atoms with Crippen LogP contribution < -0.4 is 14.8 Å². The molecule has 1 atom stereocenters. The number of imidazole rings is 1. The highest BCUT2D eigenvalue weighted by molar-refractivity contribution is 5.94. The van der Waals surface area contributed by atoms with E-state index in [9.17, 15) is 4.79 Å². The Hall–Kier alpha value is -3.35. The number of hydrogen-bond donors (Lipinski definition) is 1. The molecule has 0 radical (unpaired) electrons. The Labute approximate surface area is 144 Å². The molecule has 126 valence electrons. The summed E-state index contributed by atoms with van der Waals surface area (Å²) in [5.74, 6) is 1.94. The van der Waals surface area contributed by atoms with E-state index in [4.69, 9.17) is 9.47 Å². The summed E-state index contributed by atoms with van der Waals surface area (Å²) in [6, 6.07) is 9.00. The monoisotopic (exact) mass is 336 g/mol. The van der Waals surface area contributed by atoms with Crippen molar-refractivity contribution in [3.05, 3.63) is 66.4 Å². The van der Waals surface area contributed by atoms with Gasteiger partial charge in [0.1, 0.15) is 12.1 Å². The fraction of sp³-hybridized carbons (Fsp3) is 0.167. The fourth-order valence-corrected chi connectivity index (χ4v) is 2.61. The van der Waals surface area contributed by atoms with E-state index in [0.717, 1.165) is 11.3 Å². The average molecular weight is 336 g/mol. The zero-order valence-corrected chi connectivity index (χ0v) is 13.5. The Kier molecular flexibility index (Phi) is 3.81. The van der Waals surface area contributed by atoms with Crippen molar-refractivity contribution in [3.8, 4) is 17.3 Å². The minimum atomic E-state index is -0.185. The summed E-state index contributed by atoms with van der Waals surface area (Å²) < 4.78 is 12.5. The molecule has 7 nitrogen and oxygen atoms in total. The molecular weight excluding hydrogens is 320 g/mol. The highest BCUT2D eigenvalue weighted by Gasteiger charge is 2.17. The van der Waals surface area contributed by atoms with Crippen LogP contribution in [0.2, 0.25) is 0 Å². The van der Waals surface area contributed by atoms with Gasteiger partial charge in [0.2, 0.25) is 6.79 Å². The van der Waals surface area contributed by atoms with Crippen LogP contribution in [-0.4, -0.2) is 27.2 Å². The minimum absolute atomic E-state index is 0.171. The van der Waals surface area contributed by atoms with Crippen molar-refractivity contribution in [3.63, 3.8) is 0 Å². The van der Waals surface area contributed by atoms with E-state index in [0.29, 0.717) is 17.1 Å². The van der Waals surface area contributed by atoms with Gasteiger partial charge in [-0.1, -0.05) is 6.07 Å². The van der Waals surface area contributed by atoms with Crippen LogP contribution in [0.25, 0.3) is 5.82 Å². The van der Waals surface area contributed by atoms with Gasteiger partial charge >= 0.3 is 0 Å². The number of benzene rings is 1. The van der Waals surface area contributed by atoms with E-state index in [2.05, 4.69) is 15.3 Å². The molecule has 3 aromatic rings. The predicted molar refractivity (Wildman–Crippen MR) is 89.8 cm³/mol. The van der Waals surface area contributed by atoms with Crippen LogP contribution in [0.5, 0.6) is 11.5 Å². The number of nitrogens with one attached hydrogen (secondary N) is 1. The van der Waals surface area contributed by atoms with Gasteiger partial charge in [-0.05, 0) is 36.8 Å². The van der Waals surface area contributed by atoms with E-state index in [1.54, 1.807) is 41.6 Å². The lowest BCUT2D eigenvalue weighted by atomic mass is 10.1. The first-order valence-electron chi connectivity index (χ1n) is 7.85. The molecule has 1 aliphatic rings. The molecule has 0 fully saturated rings. The van der Waals surface area contributed by atoms with Crippen molar-refractivity contribution in [1.82, 2.24) is 19.9 Å². The summed E-state index contributed by atoms with van der Waals surface area (Å²) in [6.07, 6.45) is 6.68. The second kappa shape index (κ2) is 6.27. The molecule has 0 saturated carbocycles. The summed E-state index contributed by atoms with van der Waals surface area (Å²) in [4.78, 5) is 20.7. The number of amides is 1. The van der Waals surface area contributed by atoms with Gasteiger partial charge in [0.25, 0.3) is 5.91 Å². The maximum atomic E-state index is 12.4. The molecule has 4 rings (SSSR count). The van der Waals surface area contributed by atoms with Gasteiger partial charge < -0.3 is 14.8 Å². The first-order chi connectivity index (χ1) is 12.2. The molecular formula is C18H16N4O3. The second-order valence-corrected chi connectivity index (χ2v) is 5.68. The summed E-state index contributed by atoms with van der Waals surface area (Å²) in [7, 11) is 0. The van der Waals surface area contributed by atoms with Crippen molar-refractivity contribution in [2.75, 3.05) is 6.79 Å². The van der Waals surface area contributed by atoms with Crippen LogP contribution in [0, 0.1) is 0 Å². The smallest absolute Gasteiger partial charge is 0.253 e.